The van der Waals surface area contributed by atoms with Gasteiger partial charge in [0.2, 0.25) is 5.91 Å². The quantitative estimate of drug-likeness (QED) is 0.733. The van der Waals surface area contributed by atoms with Crippen molar-refractivity contribution in [2.24, 2.45) is 17.8 Å². The van der Waals surface area contributed by atoms with Crippen molar-refractivity contribution in [1.82, 2.24) is 5.32 Å². The second-order valence-corrected chi connectivity index (χ2v) is 8.21. The van der Waals surface area contributed by atoms with E-state index in [1.807, 2.05) is 20.8 Å². The number of amides is 1. The Bertz CT molecular complexity index is 468. The Morgan fingerprint density at radius 3 is 2.21 bits per heavy atom. The molecule has 1 N–H and O–H groups in total. The molecule has 138 valence electrons. The van der Waals surface area contributed by atoms with E-state index in [9.17, 15) is 14.4 Å². The summed E-state index contributed by atoms with van der Waals surface area (Å²) in [5.41, 5.74) is -0.481. The van der Waals surface area contributed by atoms with Crippen LogP contribution in [0, 0.1) is 17.8 Å². The number of carbonyl (C=O) groups excluding carboxylic acids is 3. The molecule has 7 heteroatoms. The largest absolute Gasteiger partial charge is 0.465 e. The van der Waals surface area contributed by atoms with Gasteiger partial charge in [-0.3, -0.25) is 14.4 Å². The van der Waals surface area contributed by atoms with Gasteiger partial charge >= 0.3 is 11.9 Å². The van der Waals surface area contributed by atoms with Gasteiger partial charge in [0.1, 0.15) is 6.61 Å². The van der Waals surface area contributed by atoms with Gasteiger partial charge in [-0.25, -0.2) is 0 Å². The van der Waals surface area contributed by atoms with Crippen LogP contribution >= 0.6 is 11.8 Å². The molecule has 1 aliphatic rings. The van der Waals surface area contributed by atoms with E-state index < -0.39 is 5.44 Å². The van der Waals surface area contributed by atoms with Crippen molar-refractivity contribution in [3.05, 3.63) is 0 Å². The molecule has 0 aromatic rings. The molecule has 1 aliphatic heterocycles. The first kappa shape index (κ1) is 20.8. The highest BCUT2D eigenvalue weighted by atomic mass is 32.2. The lowest BCUT2D eigenvalue weighted by molar-refractivity contribution is -0.146. The molecule has 0 aromatic carbocycles. The monoisotopic (exact) mass is 359 g/mol. The van der Waals surface area contributed by atoms with Crippen molar-refractivity contribution in [2.75, 3.05) is 6.61 Å². The summed E-state index contributed by atoms with van der Waals surface area (Å²) in [6, 6.07) is -0.256. The summed E-state index contributed by atoms with van der Waals surface area (Å²) < 4.78 is 10.6. The molecular weight excluding hydrogens is 330 g/mol. The van der Waals surface area contributed by atoms with E-state index in [1.165, 1.54) is 25.6 Å². The van der Waals surface area contributed by atoms with Gasteiger partial charge in [-0.2, -0.15) is 0 Å². The zero-order chi connectivity index (χ0) is 18.4. The first-order valence-electron chi connectivity index (χ1n) is 8.37. The summed E-state index contributed by atoms with van der Waals surface area (Å²) in [6.45, 7) is 11.1. The zero-order valence-electron chi connectivity index (χ0n) is 15.3. The molecule has 5 unspecified atom stereocenters. The summed E-state index contributed by atoms with van der Waals surface area (Å²) in [6.07, 6.45) is 0.436. The van der Waals surface area contributed by atoms with Crippen molar-refractivity contribution in [1.29, 1.82) is 0 Å². The summed E-state index contributed by atoms with van der Waals surface area (Å²) in [5, 5.41) is 3.05. The van der Waals surface area contributed by atoms with Gasteiger partial charge in [0.15, 0.2) is 5.44 Å². The summed E-state index contributed by atoms with van der Waals surface area (Å²) >= 11 is 1.45. The molecule has 1 amide bonds. The fourth-order valence-corrected chi connectivity index (χ4v) is 4.43. The maximum atomic E-state index is 12.2. The maximum Gasteiger partial charge on any atom is 0.303 e. The lowest BCUT2D eigenvalue weighted by Gasteiger charge is -2.43. The number of thioether (sulfide) groups is 1. The smallest absolute Gasteiger partial charge is 0.303 e. The van der Waals surface area contributed by atoms with Gasteiger partial charge in [0.05, 0.1) is 6.04 Å². The van der Waals surface area contributed by atoms with E-state index in [4.69, 9.17) is 9.47 Å². The van der Waals surface area contributed by atoms with Crippen molar-refractivity contribution in [2.45, 2.75) is 64.7 Å². The van der Waals surface area contributed by atoms with Crippen molar-refractivity contribution in [3.63, 3.8) is 0 Å². The van der Waals surface area contributed by atoms with Crippen LogP contribution in [0.25, 0.3) is 0 Å². The molecule has 0 spiro atoms. The van der Waals surface area contributed by atoms with E-state index in [1.54, 1.807) is 0 Å². The third-order valence-electron chi connectivity index (χ3n) is 4.24. The summed E-state index contributed by atoms with van der Waals surface area (Å²) in [4.78, 5) is 34.7. The van der Waals surface area contributed by atoms with Crippen molar-refractivity contribution < 1.29 is 23.9 Å². The van der Waals surface area contributed by atoms with Crippen LogP contribution in [0.2, 0.25) is 0 Å². The Hall–Kier alpha value is -1.24. The fourth-order valence-electron chi connectivity index (χ4n) is 2.76. The number of hydrogen-bond acceptors (Lipinski definition) is 6. The molecule has 5 atom stereocenters. The topological polar surface area (TPSA) is 81.7 Å². The van der Waals surface area contributed by atoms with E-state index in [0.29, 0.717) is 6.42 Å². The molecule has 0 saturated carbocycles. The highest BCUT2D eigenvalue weighted by Gasteiger charge is 2.43. The molecule has 24 heavy (non-hydrogen) atoms. The average molecular weight is 359 g/mol. The third-order valence-corrected chi connectivity index (χ3v) is 5.81. The van der Waals surface area contributed by atoms with Gasteiger partial charge < -0.3 is 14.8 Å². The molecule has 1 saturated heterocycles. The van der Waals surface area contributed by atoms with E-state index in [2.05, 4.69) is 12.2 Å². The van der Waals surface area contributed by atoms with Crippen LogP contribution in [0.15, 0.2) is 0 Å². The number of carbonyl (C=O) groups is 3. The Morgan fingerprint density at radius 2 is 1.71 bits per heavy atom. The van der Waals surface area contributed by atoms with Gasteiger partial charge in [-0.05, 0) is 17.8 Å². The molecule has 6 nitrogen and oxygen atoms in total. The van der Waals surface area contributed by atoms with Crippen LogP contribution in [0.5, 0.6) is 0 Å². The number of hydrogen-bond donors (Lipinski definition) is 1. The summed E-state index contributed by atoms with van der Waals surface area (Å²) in [5.74, 6) is -0.198. The molecule has 0 aliphatic carbocycles. The number of ether oxygens (including phenoxy) is 2. The van der Waals surface area contributed by atoms with Crippen LogP contribution in [0.3, 0.4) is 0 Å². The lowest BCUT2D eigenvalue weighted by atomic mass is 9.85. The zero-order valence-corrected chi connectivity index (χ0v) is 16.1. The average Bonchev–Trinajstić information content (AvgIpc) is 2.43. The normalized spacial score (nSPS) is 29.9. The predicted molar refractivity (Wildman–Crippen MR) is 93.3 cm³/mol. The molecule has 1 fully saturated rings. The van der Waals surface area contributed by atoms with E-state index >= 15 is 0 Å². The van der Waals surface area contributed by atoms with Crippen LogP contribution in [0.1, 0.15) is 48.0 Å². The molecule has 0 aromatic heterocycles. The molecule has 0 radical (unpaired) electrons. The number of nitrogens with one attached hydrogen (secondary N) is 1. The first-order valence-corrected chi connectivity index (χ1v) is 9.31. The van der Waals surface area contributed by atoms with Crippen LogP contribution in [-0.2, 0) is 23.9 Å². The predicted octanol–water partition coefficient (Wildman–Crippen LogP) is 2.36. The van der Waals surface area contributed by atoms with Crippen LogP contribution in [-0.4, -0.2) is 41.2 Å². The molecule has 1 rings (SSSR count). The second kappa shape index (κ2) is 9.30. The lowest BCUT2D eigenvalue weighted by Crippen LogP contribution is -2.55. The van der Waals surface area contributed by atoms with E-state index in [-0.39, 0.29) is 53.5 Å². The van der Waals surface area contributed by atoms with Crippen LogP contribution in [0.4, 0.5) is 0 Å². The molecular formula is C17H29NO5S. The van der Waals surface area contributed by atoms with Crippen LogP contribution < -0.4 is 5.32 Å². The fraction of sp³-hybridized carbons (Fsp3) is 0.824. The Labute approximate surface area is 148 Å². The minimum Gasteiger partial charge on any atom is -0.465 e. The Morgan fingerprint density at radius 1 is 1.08 bits per heavy atom. The Balaban J connectivity index is 2.85. The highest BCUT2D eigenvalue weighted by Crippen LogP contribution is 2.40. The summed E-state index contributed by atoms with van der Waals surface area (Å²) in [7, 11) is 0. The number of rotatable bonds is 6. The maximum absolute atomic E-state index is 12.2. The highest BCUT2D eigenvalue weighted by molar-refractivity contribution is 8.00. The van der Waals surface area contributed by atoms with Gasteiger partial charge in [0, 0.05) is 25.5 Å². The van der Waals surface area contributed by atoms with Gasteiger partial charge in [0.25, 0.3) is 0 Å². The minimum atomic E-state index is -0.481. The van der Waals surface area contributed by atoms with Crippen molar-refractivity contribution >= 4 is 29.6 Å². The van der Waals surface area contributed by atoms with Gasteiger partial charge in [-0.15, -0.1) is 11.8 Å². The Kier molecular flexibility index (Phi) is 8.06. The minimum absolute atomic E-state index is 0.0199. The SMILES string of the molecule is CC(=O)OCC1SC(OC(C)=O)C(NC(=O)CC(C)C)C(C)C1C. The first-order chi connectivity index (χ1) is 11.1. The van der Waals surface area contributed by atoms with Gasteiger partial charge in [-0.1, -0.05) is 27.7 Å². The molecule has 0 bridgehead atoms. The standard InChI is InChI=1S/C17H29NO5S/c1-9(2)7-15(21)18-16-11(4)10(3)14(8-22-12(5)19)24-17(16)23-13(6)20/h9-11,14,16-17H,7-8H2,1-6H3,(H,18,21). The van der Waals surface area contributed by atoms with Crippen molar-refractivity contribution in [3.8, 4) is 0 Å². The molecule has 1 heterocycles. The van der Waals surface area contributed by atoms with E-state index in [0.717, 1.165) is 0 Å². The second-order valence-electron chi connectivity index (χ2n) is 6.86. The number of esters is 2. The third kappa shape index (κ3) is 6.34.